The van der Waals surface area contributed by atoms with Crippen LogP contribution in [0.3, 0.4) is 0 Å². The van der Waals surface area contributed by atoms with Crippen LogP contribution < -0.4 is 28.4 Å². The molecule has 0 bridgehead atoms. The molecule has 6 atom stereocenters. The number of ether oxygens (including phenoxy) is 10. The fraction of sp³-hybridized carbons (Fsp3) is 0.571. The molecule has 15 heteroatoms. The van der Waals surface area contributed by atoms with E-state index in [0.717, 1.165) is 0 Å². The Hall–Kier alpha value is -3.12. The van der Waals surface area contributed by atoms with E-state index in [1.165, 1.54) is 0 Å². The van der Waals surface area contributed by atoms with Gasteiger partial charge in [-0.2, -0.15) is 0 Å². The van der Waals surface area contributed by atoms with Crippen LogP contribution in [0.25, 0.3) is 0 Å². The van der Waals surface area contributed by atoms with Gasteiger partial charge in [-0.3, -0.25) is 0 Å². The molecule has 240 valence electrons. The monoisotopic (exact) mass is 614 g/mol. The quantitative estimate of drug-likeness (QED) is 0.117. The molecular weight excluding hydrogens is 576 g/mol. The van der Waals surface area contributed by atoms with Crippen molar-refractivity contribution < 1.29 is 73.3 Å². The molecule has 4 fully saturated rings. The van der Waals surface area contributed by atoms with Gasteiger partial charge in [-0.05, 0) is 24.3 Å². The van der Waals surface area contributed by atoms with E-state index in [-0.39, 0.29) is 41.4 Å². The van der Waals surface area contributed by atoms with Gasteiger partial charge in [0.2, 0.25) is 24.1 Å². The summed E-state index contributed by atoms with van der Waals surface area (Å²) in [6.45, 7) is 3.31. The second kappa shape index (κ2) is 16.1. The number of rotatable bonds is 18. The predicted molar refractivity (Wildman–Crippen MR) is 145 cm³/mol. The molecule has 15 nitrogen and oxygen atoms in total. The Labute approximate surface area is 247 Å². The highest BCUT2D eigenvalue weighted by atomic mass is 16.7. The molecule has 6 unspecified atom stereocenters. The van der Waals surface area contributed by atoms with Crippen molar-refractivity contribution in [3.8, 4) is 34.5 Å². The van der Waals surface area contributed by atoms with Crippen LogP contribution in [0.5, 0.6) is 34.5 Å². The summed E-state index contributed by atoms with van der Waals surface area (Å²) in [5.74, 6) is 2.28. The number of aliphatic hydroxyl groups excluding tert-OH is 4. The molecule has 4 saturated heterocycles. The Morgan fingerprint density at radius 3 is 1.02 bits per heavy atom. The zero-order chi connectivity index (χ0) is 29.3. The fourth-order valence-corrected chi connectivity index (χ4v) is 3.41. The van der Waals surface area contributed by atoms with Crippen LogP contribution >= 0.6 is 0 Å². The fourth-order valence-electron chi connectivity index (χ4n) is 3.41. The normalized spacial score (nSPS) is 23.7. The standard InChI is InChI=1S/2C14H18O7.H2O/c2*15-4-13(16)21-14-11(19-7-9-5-17-9)2-1-3-12(14)20-8-10-6-18-10;/h2*1-3,9-10,13,15-16H,4-8H2;1H2. The van der Waals surface area contributed by atoms with E-state index in [2.05, 4.69) is 0 Å². The maximum Gasteiger partial charge on any atom is 0.221 e. The van der Waals surface area contributed by atoms with E-state index in [4.69, 9.17) is 57.6 Å². The largest absolute Gasteiger partial charge is 0.487 e. The second-order valence-corrected chi connectivity index (χ2v) is 9.74. The number of benzene rings is 2. The molecule has 0 amide bonds. The zero-order valence-electron chi connectivity index (χ0n) is 23.4. The van der Waals surface area contributed by atoms with E-state index in [0.29, 0.717) is 75.9 Å². The Morgan fingerprint density at radius 2 is 0.814 bits per heavy atom. The van der Waals surface area contributed by atoms with Crippen LogP contribution in [0.2, 0.25) is 0 Å². The first-order valence-corrected chi connectivity index (χ1v) is 13.7. The first-order valence-electron chi connectivity index (χ1n) is 13.7. The summed E-state index contributed by atoms with van der Waals surface area (Å²) < 4.78 is 53.4. The van der Waals surface area contributed by atoms with Crippen molar-refractivity contribution in [1.82, 2.24) is 0 Å². The van der Waals surface area contributed by atoms with E-state index in [1.54, 1.807) is 36.4 Å². The highest BCUT2D eigenvalue weighted by Gasteiger charge is 2.28. The molecule has 0 saturated carbocycles. The van der Waals surface area contributed by atoms with Crippen molar-refractivity contribution in [2.75, 3.05) is 66.1 Å². The van der Waals surface area contributed by atoms with Gasteiger partial charge < -0.3 is 73.3 Å². The van der Waals surface area contributed by atoms with Crippen molar-refractivity contribution in [1.29, 1.82) is 0 Å². The number of hydrogen-bond acceptors (Lipinski definition) is 14. The minimum absolute atomic E-state index is 0. The summed E-state index contributed by atoms with van der Waals surface area (Å²) >= 11 is 0. The van der Waals surface area contributed by atoms with E-state index >= 15 is 0 Å². The van der Waals surface area contributed by atoms with Gasteiger partial charge in [0.15, 0.2) is 23.0 Å². The lowest BCUT2D eigenvalue weighted by atomic mass is 10.3. The maximum atomic E-state index is 9.51. The second-order valence-electron chi connectivity index (χ2n) is 9.74. The smallest absolute Gasteiger partial charge is 0.221 e. The van der Waals surface area contributed by atoms with E-state index in [1.807, 2.05) is 0 Å². The van der Waals surface area contributed by atoms with Gasteiger partial charge in [-0.1, -0.05) is 12.1 Å². The van der Waals surface area contributed by atoms with Crippen LogP contribution in [0.15, 0.2) is 36.4 Å². The lowest BCUT2D eigenvalue weighted by Gasteiger charge is -2.18. The first-order chi connectivity index (χ1) is 20.5. The van der Waals surface area contributed by atoms with Gasteiger partial charge >= 0.3 is 0 Å². The van der Waals surface area contributed by atoms with Crippen LogP contribution in [0.4, 0.5) is 0 Å². The number of aliphatic hydroxyl groups is 4. The molecule has 4 aliphatic heterocycles. The summed E-state index contributed by atoms with van der Waals surface area (Å²) in [7, 11) is 0. The van der Waals surface area contributed by atoms with E-state index in [9.17, 15) is 10.2 Å². The SMILES string of the molecule is O.OCC(O)Oc1c(OCC2CO2)cccc1OCC1CO1.OCC(O)Oc1c(OCC2CO2)cccc1OCC1CO1. The third kappa shape index (κ3) is 11.1. The molecule has 0 aliphatic carbocycles. The minimum Gasteiger partial charge on any atom is -0.487 e. The average Bonchev–Trinajstić information content (AvgIpc) is 3.84. The molecule has 43 heavy (non-hydrogen) atoms. The van der Waals surface area contributed by atoms with Crippen LogP contribution in [0, 0.1) is 0 Å². The van der Waals surface area contributed by atoms with Crippen molar-refractivity contribution in [3.63, 3.8) is 0 Å². The van der Waals surface area contributed by atoms with Crippen molar-refractivity contribution in [2.24, 2.45) is 0 Å². The number of para-hydroxylation sites is 2. The maximum absolute atomic E-state index is 9.51. The number of epoxide rings is 4. The molecule has 6 N–H and O–H groups in total. The average molecular weight is 615 g/mol. The molecule has 6 rings (SSSR count). The molecule has 2 aromatic rings. The van der Waals surface area contributed by atoms with Gasteiger partial charge in [0.05, 0.1) is 26.4 Å². The van der Waals surface area contributed by atoms with Crippen LogP contribution in [-0.2, 0) is 18.9 Å². The molecular formula is C28H38O15. The summed E-state index contributed by atoms with van der Waals surface area (Å²) in [5, 5.41) is 36.9. The highest BCUT2D eigenvalue weighted by molar-refractivity contribution is 5.52. The first kappa shape index (κ1) is 32.8. The van der Waals surface area contributed by atoms with Gasteiger partial charge in [-0.25, -0.2) is 0 Å². The summed E-state index contributed by atoms with van der Waals surface area (Å²) in [6.07, 6.45) is -2.27. The Morgan fingerprint density at radius 1 is 0.558 bits per heavy atom. The van der Waals surface area contributed by atoms with Gasteiger partial charge in [-0.15, -0.1) is 0 Å². The highest BCUT2D eigenvalue weighted by Crippen LogP contribution is 2.40. The van der Waals surface area contributed by atoms with E-state index < -0.39 is 25.8 Å². The van der Waals surface area contributed by atoms with Crippen molar-refractivity contribution in [2.45, 2.75) is 37.0 Å². The topological polar surface area (TPSA) is 218 Å². The molecule has 4 heterocycles. The Kier molecular flexibility index (Phi) is 12.3. The predicted octanol–water partition coefficient (Wildman–Crippen LogP) is -0.962. The van der Waals surface area contributed by atoms with Crippen molar-refractivity contribution in [3.05, 3.63) is 36.4 Å². The third-order valence-corrected chi connectivity index (χ3v) is 6.01. The number of hydrogen-bond donors (Lipinski definition) is 4. The Bertz CT molecular complexity index is 961. The minimum atomic E-state index is -1.34. The molecule has 4 aliphatic rings. The third-order valence-electron chi connectivity index (χ3n) is 6.01. The van der Waals surface area contributed by atoms with Gasteiger partial charge in [0, 0.05) is 0 Å². The van der Waals surface area contributed by atoms with Gasteiger partial charge in [0.25, 0.3) is 0 Å². The zero-order valence-corrected chi connectivity index (χ0v) is 23.4. The lowest BCUT2D eigenvalue weighted by Crippen LogP contribution is -2.21. The summed E-state index contributed by atoms with van der Waals surface area (Å²) in [5.41, 5.74) is 0. The molecule has 2 aromatic carbocycles. The molecule has 0 spiro atoms. The Balaban J connectivity index is 0.000000192. The van der Waals surface area contributed by atoms with Crippen LogP contribution in [-0.4, -0.2) is 129 Å². The van der Waals surface area contributed by atoms with Crippen molar-refractivity contribution >= 4 is 0 Å². The molecule has 0 aromatic heterocycles. The summed E-state index contributed by atoms with van der Waals surface area (Å²) in [4.78, 5) is 0. The van der Waals surface area contributed by atoms with Gasteiger partial charge in [0.1, 0.15) is 64.1 Å². The lowest BCUT2D eigenvalue weighted by molar-refractivity contribution is -0.0578. The summed E-state index contributed by atoms with van der Waals surface area (Å²) in [6, 6.07) is 10.4. The molecule has 0 radical (unpaired) electrons. The van der Waals surface area contributed by atoms with Crippen LogP contribution in [0.1, 0.15) is 0 Å².